The van der Waals surface area contributed by atoms with Gasteiger partial charge >= 0.3 is 15.1 Å². The fourth-order valence-corrected chi connectivity index (χ4v) is 13.0. The number of benzene rings is 6. The second kappa shape index (κ2) is 28.3. The Bertz CT molecular complexity index is 3040. The number of carbonyl (C=O) groups excluding carboxylic acids is 6. The zero-order chi connectivity index (χ0) is 58.2. The Morgan fingerprint density at radius 1 is 0.617 bits per heavy atom. The molecule has 18 nitrogen and oxygen atoms in total. The highest BCUT2D eigenvalue weighted by Gasteiger charge is 2.44. The van der Waals surface area contributed by atoms with Gasteiger partial charge in [0.15, 0.2) is 0 Å². The molecule has 1 heterocycles. The summed E-state index contributed by atoms with van der Waals surface area (Å²) in [5, 5.41) is 23.1. The molecule has 6 atom stereocenters. The molecule has 0 radical (unpaired) electrons. The second-order valence-electron chi connectivity index (χ2n) is 19.1. The van der Waals surface area contributed by atoms with E-state index in [1.54, 1.807) is 0 Å². The maximum absolute atomic E-state index is 15.4. The molecule has 81 heavy (non-hydrogen) atoms. The van der Waals surface area contributed by atoms with Crippen LogP contribution in [0.4, 0.5) is 0 Å². The number of aliphatic carboxylic acids is 1. The van der Waals surface area contributed by atoms with Crippen LogP contribution in [-0.2, 0) is 53.0 Å². The monoisotopic (exact) mass is 1170 g/mol. The minimum Gasteiger partial charge on any atom is -0.480 e. The molecule has 424 valence electrons. The number of hydrogen-bond acceptors (Lipinski definition) is 13. The van der Waals surface area contributed by atoms with Crippen molar-refractivity contribution < 1.29 is 51.6 Å². The molecule has 1 saturated heterocycles. The van der Waals surface area contributed by atoms with Gasteiger partial charge in [0.25, 0.3) is 0 Å². The summed E-state index contributed by atoms with van der Waals surface area (Å²) in [5.41, 5.74) is 9.21. The maximum atomic E-state index is 15.4. The van der Waals surface area contributed by atoms with Gasteiger partial charge in [-0.2, -0.15) is 21.0 Å². The average Bonchev–Trinajstić information content (AvgIpc) is 4.02. The van der Waals surface area contributed by atoms with Crippen LogP contribution in [0.25, 0.3) is 0 Å². The van der Waals surface area contributed by atoms with Crippen LogP contribution in [0.15, 0.2) is 182 Å². The minimum atomic E-state index is -4.64. The quantitative estimate of drug-likeness (QED) is 0.0149. The van der Waals surface area contributed by atoms with E-state index in [0.717, 1.165) is 16.7 Å². The van der Waals surface area contributed by atoms with Gasteiger partial charge in [0.2, 0.25) is 35.4 Å². The van der Waals surface area contributed by atoms with Crippen LogP contribution in [0.1, 0.15) is 59.6 Å². The molecule has 1 aliphatic rings. The van der Waals surface area contributed by atoms with Crippen LogP contribution < -0.4 is 32.3 Å². The fraction of sp³-hybridized carbons (Fsp3) is 0.271. The molecule has 6 amide bonds. The van der Waals surface area contributed by atoms with Gasteiger partial charge in [0.05, 0.1) is 17.2 Å². The number of nitrogens with zero attached hydrogens (tertiary/aromatic N) is 1. The number of thiol groups is 1. The fourth-order valence-electron chi connectivity index (χ4n) is 9.73. The third-order valence-corrected chi connectivity index (χ3v) is 17.8. The summed E-state index contributed by atoms with van der Waals surface area (Å²) in [6.07, 6.45) is -0.308. The molecule has 9 N–H and O–H groups in total. The van der Waals surface area contributed by atoms with Gasteiger partial charge in [0, 0.05) is 23.8 Å². The summed E-state index contributed by atoms with van der Waals surface area (Å²) in [6, 6.07) is 47.2. The molecule has 0 aliphatic carbocycles. The van der Waals surface area contributed by atoms with E-state index in [1.165, 1.54) is 23.6 Å². The predicted octanol–water partition coefficient (Wildman–Crippen LogP) is 5.04. The smallest absolute Gasteiger partial charge is 0.327 e. The largest absolute Gasteiger partial charge is 0.480 e. The van der Waals surface area contributed by atoms with Crippen LogP contribution in [-0.4, -0.2) is 124 Å². The number of carboxylic acid groups (broad SMARTS) is 1. The third kappa shape index (κ3) is 15.3. The Hall–Kier alpha value is -7.47. The van der Waals surface area contributed by atoms with Crippen LogP contribution in [0.3, 0.4) is 0 Å². The Morgan fingerprint density at radius 3 is 1.46 bits per heavy atom. The van der Waals surface area contributed by atoms with Crippen molar-refractivity contribution in [2.45, 2.75) is 72.7 Å². The van der Waals surface area contributed by atoms with Gasteiger partial charge in [-0.3, -0.25) is 33.3 Å². The number of nitrogens with one attached hydrogen (secondary N) is 5. The summed E-state index contributed by atoms with van der Waals surface area (Å²) >= 11 is 5.28. The van der Waals surface area contributed by atoms with Gasteiger partial charge in [-0.15, -0.1) is 11.8 Å². The van der Waals surface area contributed by atoms with E-state index in [1.807, 2.05) is 182 Å². The van der Waals surface area contributed by atoms with Crippen molar-refractivity contribution in [2.75, 3.05) is 23.8 Å². The van der Waals surface area contributed by atoms with Crippen molar-refractivity contribution in [1.82, 2.24) is 31.5 Å². The van der Waals surface area contributed by atoms with Crippen LogP contribution >= 0.6 is 35.2 Å². The van der Waals surface area contributed by atoms with Crippen molar-refractivity contribution >= 4 is 85.7 Å². The summed E-state index contributed by atoms with van der Waals surface area (Å²) in [7, 11) is -4.62. The number of amides is 6. The molecule has 0 unspecified atom stereocenters. The van der Waals surface area contributed by atoms with Crippen molar-refractivity contribution in [2.24, 2.45) is 5.73 Å². The van der Waals surface area contributed by atoms with Gasteiger partial charge < -0.3 is 42.3 Å². The number of thioether (sulfide) groups is 1. The number of hydrogen-bond donors (Lipinski definition) is 9. The lowest BCUT2D eigenvalue weighted by molar-refractivity contribution is -0.144. The number of carboxylic acids is 1. The molecular formula is C59H63N7O11S4. The Kier molecular flexibility index (Phi) is 21.4. The molecule has 0 aromatic heterocycles. The van der Waals surface area contributed by atoms with E-state index in [2.05, 4.69) is 39.2 Å². The Balaban J connectivity index is 1.30. The normalized spacial score (nSPS) is 15.4. The predicted molar refractivity (Wildman–Crippen MR) is 315 cm³/mol. The molecule has 1 fully saturated rings. The van der Waals surface area contributed by atoms with Gasteiger partial charge in [-0.05, 0) is 63.9 Å². The minimum absolute atomic E-state index is 0.0156. The van der Waals surface area contributed by atoms with Gasteiger partial charge in [0.1, 0.15) is 35.7 Å². The lowest BCUT2D eigenvalue weighted by Gasteiger charge is -2.38. The number of rotatable bonds is 26. The molecular weight excluding hydrogens is 1110 g/mol. The molecule has 6 aromatic carbocycles. The standard InChI is InChI=1S/C59H63N7O11S4/c1-39(52(68)63-48(36-78)57(73)74)61-55(71)50-33-20-34-66(50)56(72)47(35-51(67)65-58(40-21-8-2-9-22-40,41-23-10-3-11-24-41)42-25-12-4-13-26-42)62-54(70)49(64-53(69)46(60)37-80-81(75,76)77)38-79-59(43-27-14-5-15-28-43,44-29-16-6-17-30-44)45-31-18-7-19-32-45/h2-19,21-32,39,46-50,78H,20,33-38,60H2,1H3,(H,61,71)(H,62,70)(H,63,68)(H,64,69)(H,65,67)(H,73,74)(H,75,76,77)/t39-,46-,47-,48-,49-,50-/m0/s1. The molecule has 1 aliphatic heterocycles. The lowest BCUT2D eigenvalue weighted by Crippen LogP contribution is -2.60. The summed E-state index contributed by atoms with van der Waals surface area (Å²) in [5.74, 6) is -7.49. The molecule has 7 rings (SSSR count). The number of likely N-dealkylation sites (tertiary alicyclic amines) is 1. The maximum Gasteiger partial charge on any atom is 0.327 e. The van der Waals surface area contributed by atoms with E-state index < -0.39 is 109 Å². The van der Waals surface area contributed by atoms with Crippen molar-refractivity contribution in [1.29, 1.82) is 0 Å². The summed E-state index contributed by atoms with van der Waals surface area (Å²) in [4.78, 5) is 100. The van der Waals surface area contributed by atoms with E-state index in [9.17, 15) is 37.3 Å². The highest BCUT2D eigenvalue weighted by atomic mass is 33.1. The first-order valence-corrected chi connectivity index (χ1v) is 30.4. The molecule has 6 aromatic rings. The van der Waals surface area contributed by atoms with Crippen LogP contribution in [0, 0.1) is 0 Å². The SMILES string of the molecule is C[C@H](NC(=O)[C@@H]1CCCN1C(=O)[C@H](CC(=O)NC(c1ccccc1)(c1ccccc1)c1ccccc1)NC(=O)[C@H](CSC(c1ccccc1)(c1ccccc1)c1ccccc1)NC(=O)[C@@H](N)CSS(=O)(=O)O)C(=O)N[C@@H](CS)C(=O)O. The molecule has 0 saturated carbocycles. The summed E-state index contributed by atoms with van der Waals surface area (Å²) < 4.78 is 32.0. The average molecular weight is 1170 g/mol. The Labute approximate surface area is 483 Å². The zero-order valence-electron chi connectivity index (χ0n) is 44.0. The van der Waals surface area contributed by atoms with E-state index in [-0.39, 0.29) is 35.3 Å². The molecule has 0 bridgehead atoms. The zero-order valence-corrected chi connectivity index (χ0v) is 47.3. The van der Waals surface area contributed by atoms with Crippen molar-refractivity contribution in [3.05, 3.63) is 215 Å². The summed E-state index contributed by atoms with van der Waals surface area (Å²) in [6.45, 7) is 1.33. The lowest BCUT2D eigenvalue weighted by atomic mass is 9.77. The van der Waals surface area contributed by atoms with Crippen LogP contribution in [0.2, 0.25) is 0 Å². The topological polar surface area (TPSA) is 284 Å². The first kappa shape index (κ1) is 61.2. The molecule has 0 spiro atoms. The highest BCUT2D eigenvalue weighted by Crippen LogP contribution is 2.49. The van der Waals surface area contributed by atoms with Gasteiger partial charge in [-0.25, -0.2) is 4.79 Å². The van der Waals surface area contributed by atoms with E-state index >= 15 is 14.4 Å². The third-order valence-electron chi connectivity index (χ3n) is 13.7. The number of nitrogens with two attached hydrogens (primary N) is 1. The van der Waals surface area contributed by atoms with E-state index in [0.29, 0.717) is 23.1 Å². The number of carbonyl (C=O) groups is 7. The van der Waals surface area contributed by atoms with Crippen molar-refractivity contribution in [3.63, 3.8) is 0 Å². The van der Waals surface area contributed by atoms with Gasteiger partial charge in [-0.1, -0.05) is 182 Å². The first-order valence-electron chi connectivity index (χ1n) is 25.9. The van der Waals surface area contributed by atoms with Crippen molar-refractivity contribution in [3.8, 4) is 0 Å². The van der Waals surface area contributed by atoms with Crippen LogP contribution in [0.5, 0.6) is 0 Å². The molecule has 22 heteroatoms. The highest BCUT2D eigenvalue weighted by molar-refractivity contribution is 8.69. The second-order valence-corrected chi connectivity index (χ2v) is 24.1. The first-order chi connectivity index (χ1) is 38.9. The Morgan fingerprint density at radius 2 is 1.04 bits per heavy atom. The van der Waals surface area contributed by atoms with E-state index in [4.69, 9.17) is 5.73 Å².